The Morgan fingerprint density at radius 2 is 2.04 bits per heavy atom. The van der Waals surface area contributed by atoms with Crippen LogP contribution in [0.25, 0.3) is 10.9 Å². The Morgan fingerprint density at radius 3 is 2.80 bits per heavy atom. The quantitative estimate of drug-likeness (QED) is 0.366. The van der Waals surface area contributed by atoms with Crippen LogP contribution in [0.15, 0.2) is 36.7 Å². The molecule has 130 valence electrons. The Hall–Kier alpha value is -2.31. The minimum Gasteiger partial charge on any atom is -0.491 e. The molecule has 2 aromatic carbocycles. The van der Waals surface area contributed by atoms with Crippen LogP contribution in [0.1, 0.15) is 6.42 Å². The SMILES string of the molecule is Nc1cc2c(Nc3ccc(F)c(Cl)c3)ncnc2cc1OCCCCl. The third kappa shape index (κ3) is 4.03. The van der Waals surface area contributed by atoms with Crippen LogP contribution in [0, 0.1) is 5.82 Å². The van der Waals surface area contributed by atoms with Crippen molar-refractivity contribution in [3.63, 3.8) is 0 Å². The van der Waals surface area contributed by atoms with Crippen molar-refractivity contribution in [2.45, 2.75) is 6.42 Å². The number of nitrogen functional groups attached to an aromatic ring is 1. The molecule has 1 heterocycles. The first-order chi connectivity index (χ1) is 12.1. The van der Waals surface area contributed by atoms with E-state index in [-0.39, 0.29) is 5.02 Å². The lowest BCUT2D eigenvalue weighted by molar-refractivity contribution is 0.320. The van der Waals surface area contributed by atoms with E-state index in [2.05, 4.69) is 15.3 Å². The minimum absolute atomic E-state index is 0.0258. The molecule has 3 rings (SSSR count). The topological polar surface area (TPSA) is 73.1 Å². The van der Waals surface area contributed by atoms with Crippen molar-refractivity contribution in [1.29, 1.82) is 0 Å². The van der Waals surface area contributed by atoms with Crippen LogP contribution in [0.2, 0.25) is 5.02 Å². The van der Waals surface area contributed by atoms with Gasteiger partial charge in [-0.1, -0.05) is 11.6 Å². The third-order valence-corrected chi connectivity index (χ3v) is 4.04. The molecule has 0 unspecified atom stereocenters. The van der Waals surface area contributed by atoms with Crippen LogP contribution in [-0.4, -0.2) is 22.5 Å². The van der Waals surface area contributed by atoms with Crippen LogP contribution in [0.3, 0.4) is 0 Å². The largest absolute Gasteiger partial charge is 0.491 e. The molecule has 0 saturated heterocycles. The maximum atomic E-state index is 13.3. The van der Waals surface area contributed by atoms with Gasteiger partial charge in [0.05, 0.1) is 22.8 Å². The highest BCUT2D eigenvalue weighted by Gasteiger charge is 2.10. The Labute approximate surface area is 153 Å². The third-order valence-electron chi connectivity index (χ3n) is 3.48. The summed E-state index contributed by atoms with van der Waals surface area (Å²) >= 11 is 11.5. The van der Waals surface area contributed by atoms with Crippen LogP contribution < -0.4 is 15.8 Å². The lowest BCUT2D eigenvalue weighted by Crippen LogP contribution is -2.02. The molecule has 0 spiro atoms. The van der Waals surface area contributed by atoms with Gasteiger partial charge in [-0.15, -0.1) is 11.6 Å². The fourth-order valence-electron chi connectivity index (χ4n) is 2.27. The summed E-state index contributed by atoms with van der Waals surface area (Å²) in [6.07, 6.45) is 2.15. The second-order valence-corrected chi connectivity index (χ2v) is 6.06. The molecule has 0 atom stereocenters. The number of benzene rings is 2. The van der Waals surface area contributed by atoms with E-state index in [4.69, 9.17) is 33.7 Å². The molecule has 0 aliphatic rings. The number of aromatic nitrogens is 2. The molecule has 5 nitrogen and oxygen atoms in total. The molecular weight excluding hydrogens is 366 g/mol. The van der Waals surface area contributed by atoms with E-state index in [1.807, 2.05) is 0 Å². The number of anilines is 3. The van der Waals surface area contributed by atoms with Gasteiger partial charge in [0.25, 0.3) is 0 Å². The predicted molar refractivity (Wildman–Crippen MR) is 99.5 cm³/mol. The summed E-state index contributed by atoms with van der Waals surface area (Å²) in [5, 5.41) is 3.84. The molecule has 0 amide bonds. The first-order valence-electron chi connectivity index (χ1n) is 7.53. The van der Waals surface area contributed by atoms with Crippen molar-refractivity contribution in [2.24, 2.45) is 0 Å². The average molecular weight is 381 g/mol. The molecule has 25 heavy (non-hydrogen) atoms. The summed E-state index contributed by atoms with van der Waals surface area (Å²) in [6, 6.07) is 7.83. The van der Waals surface area contributed by atoms with Gasteiger partial charge in [0.2, 0.25) is 0 Å². The van der Waals surface area contributed by atoms with Crippen LogP contribution in [0.4, 0.5) is 21.6 Å². The lowest BCUT2D eigenvalue weighted by atomic mass is 10.2. The van der Waals surface area contributed by atoms with Crippen LogP contribution >= 0.6 is 23.2 Å². The van der Waals surface area contributed by atoms with E-state index in [1.165, 1.54) is 18.5 Å². The first kappa shape index (κ1) is 17.5. The smallest absolute Gasteiger partial charge is 0.144 e. The molecule has 0 radical (unpaired) electrons. The average Bonchev–Trinajstić information content (AvgIpc) is 2.59. The molecule has 8 heteroatoms. The summed E-state index contributed by atoms with van der Waals surface area (Å²) in [5.41, 5.74) is 7.80. The zero-order chi connectivity index (χ0) is 17.8. The van der Waals surface area contributed by atoms with E-state index >= 15 is 0 Å². The van der Waals surface area contributed by atoms with Gasteiger partial charge in [0.1, 0.15) is 23.7 Å². The summed E-state index contributed by atoms with van der Waals surface area (Å²) in [4.78, 5) is 8.47. The molecule has 1 aromatic heterocycles. The predicted octanol–water partition coefficient (Wildman–Crippen LogP) is 4.76. The van der Waals surface area contributed by atoms with E-state index in [0.29, 0.717) is 46.3 Å². The Kier molecular flexibility index (Phi) is 5.40. The summed E-state index contributed by atoms with van der Waals surface area (Å²) < 4.78 is 18.9. The van der Waals surface area contributed by atoms with Gasteiger partial charge >= 0.3 is 0 Å². The fourth-order valence-corrected chi connectivity index (χ4v) is 2.56. The second kappa shape index (κ2) is 7.72. The van der Waals surface area contributed by atoms with Gasteiger partial charge in [-0.25, -0.2) is 14.4 Å². The first-order valence-corrected chi connectivity index (χ1v) is 8.45. The second-order valence-electron chi connectivity index (χ2n) is 5.27. The fraction of sp³-hybridized carbons (Fsp3) is 0.176. The van der Waals surface area contributed by atoms with E-state index in [0.717, 1.165) is 6.42 Å². The zero-order valence-electron chi connectivity index (χ0n) is 13.1. The molecule has 3 N–H and O–H groups in total. The number of fused-ring (bicyclic) bond motifs is 1. The standard InChI is InChI=1S/C17H15Cl2FN4O/c18-4-1-5-25-16-8-15-11(7-14(16)21)17(23-9-22-15)24-10-2-3-13(20)12(19)6-10/h2-3,6-9H,1,4-5,21H2,(H,22,23,24). The van der Waals surface area contributed by atoms with Gasteiger partial charge < -0.3 is 15.8 Å². The van der Waals surface area contributed by atoms with Crippen molar-refractivity contribution < 1.29 is 9.13 Å². The van der Waals surface area contributed by atoms with Gasteiger partial charge in [0, 0.05) is 23.0 Å². The maximum Gasteiger partial charge on any atom is 0.144 e. The summed E-state index contributed by atoms with van der Waals surface area (Å²) in [7, 11) is 0. The van der Waals surface area contributed by atoms with E-state index in [9.17, 15) is 4.39 Å². The number of nitrogens with zero attached hydrogens (tertiary/aromatic N) is 2. The number of ether oxygens (including phenoxy) is 1. The van der Waals surface area contributed by atoms with Crippen molar-refractivity contribution in [3.8, 4) is 5.75 Å². The normalized spacial score (nSPS) is 10.8. The monoisotopic (exact) mass is 380 g/mol. The highest BCUT2D eigenvalue weighted by atomic mass is 35.5. The number of rotatable bonds is 6. The van der Waals surface area contributed by atoms with Gasteiger partial charge in [-0.2, -0.15) is 0 Å². The van der Waals surface area contributed by atoms with Gasteiger partial charge in [0.15, 0.2) is 0 Å². The Bertz CT molecular complexity index is 907. The number of alkyl halides is 1. The number of hydrogen-bond donors (Lipinski definition) is 2. The van der Waals surface area contributed by atoms with Crippen molar-refractivity contribution in [2.75, 3.05) is 23.5 Å². The number of hydrogen-bond acceptors (Lipinski definition) is 5. The van der Waals surface area contributed by atoms with Gasteiger partial charge in [-0.3, -0.25) is 0 Å². The highest BCUT2D eigenvalue weighted by molar-refractivity contribution is 6.31. The summed E-state index contributed by atoms with van der Waals surface area (Å²) in [6.45, 7) is 0.476. The molecule has 3 aromatic rings. The minimum atomic E-state index is -0.484. The molecule has 0 aliphatic carbocycles. The number of halogens is 3. The molecule has 0 saturated carbocycles. The molecule has 0 fully saturated rings. The van der Waals surface area contributed by atoms with Gasteiger partial charge in [-0.05, 0) is 30.7 Å². The number of nitrogens with two attached hydrogens (primary N) is 1. The lowest BCUT2D eigenvalue weighted by Gasteiger charge is -2.12. The van der Waals surface area contributed by atoms with Crippen molar-refractivity contribution in [1.82, 2.24) is 9.97 Å². The molecule has 0 aliphatic heterocycles. The van der Waals surface area contributed by atoms with E-state index in [1.54, 1.807) is 18.2 Å². The summed E-state index contributed by atoms with van der Waals surface area (Å²) in [5.74, 6) is 1.12. The maximum absolute atomic E-state index is 13.3. The van der Waals surface area contributed by atoms with Crippen LogP contribution in [-0.2, 0) is 0 Å². The molecular formula is C17H15Cl2FN4O. The molecule has 0 bridgehead atoms. The van der Waals surface area contributed by atoms with Crippen LogP contribution in [0.5, 0.6) is 5.75 Å². The Morgan fingerprint density at radius 1 is 1.20 bits per heavy atom. The highest BCUT2D eigenvalue weighted by Crippen LogP contribution is 2.32. The zero-order valence-corrected chi connectivity index (χ0v) is 14.6. The number of nitrogens with one attached hydrogen (secondary N) is 1. The Balaban J connectivity index is 1.93. The van der Waals surface area contributed by atoms with Crippen molar-refractivity contribution >= 4 is 51.3 Å². The van der Waals surface area contributed by atoms with E-state index < -0.39 is 5.82 Å². The van der Waals surface area contributed by atoms with Crippen molar-refractivity contribution in [3.05, 3.63) is 47.5 Å².